The van der Waals surface area contributed by atoms with E-state index in [-0.39, 0.29) is 17.1 Å². The zero-order valence-corrected chi connectivity index (χ0v) is 17.0. The number of nitrogens with one attached hydrogen (secondary N) is 1. The van der Waals surface area contributed by atoms with Gasteiger partial charge in [-0.15, -0.1) is 0 Å². The van der Waals surface area contributed by atoms with Crippen LogP contribution in [0, 0.1) is 3.57 Å². The summed E-state index contributed by atoms with van der Waals surface area (Å²) in [6, 6.07) is 8.51. The molecule has 2 N–H and O–H groups in total. The zero-order chi connectivity index (χ0) is 20.4. The third-order valence-electron chi connectivity index (χ3n) is 4.01. The lowest BCUT2D eigenvalue weighted by molar-refractivity contribution is -0.122. The van der Waals surface area contributed by atoms with Crippen molar-refractivity contribution in [2.75, 3.05) is 19.1 Å². The minimum atomic E-state index is -0.838. The summed E-state index contributed by atoms with van der Waals surface area (Å²) in [6.45, 7) is 0. The number of hydrogen-bond donors (Lipinski definition) is 2. The molecule has 1 fully saturated rings. The number of benzene rings is 2. The Morgan fingerprint density at radius 2 is 1.75 bits per heavy atom. The zero-order valence-electron chi connectivity index (χ0n) is 14.9. The van der Waals surface area contributed by atoms with E-state index in [1.165, 1.54) is 38.5 Å². The number of aromatic hydroxyl groups is 1. The molecule has 0 atom stereocenters. The summed E-state index contributed by atoms with van der Waals surface area (Å²) >= 11 is 1.91. The molecule has 1 aliphatic rings. The Morgan fingerprint density at radius 3 is 2.36 bits per heavy atom. The van der Waals surface area contributed by atoms with E-state index in [4.69, 9.17) is 9.47 Å². The molecule has 0 bridgehead atoms. The van der Waals surface area contributed by atoms with Crippen molar-refractivity contribution in [3.05, 3.63) is 51.1 Å². The summed E-state index contributed by atoms with van der Waals surface area (Å²) in [7, 11) is 2.89. The average molecular weight is 494 g/mol. The third-order valence-corrected chi connectivity index (χ3v) is 4.84. The molecule has 0 saturated carbocycles. The first kappa shape index (κ1) is 19.7. The number of imide groups is 2. The smallest absolute Gasteiger partial charge is 0.335 e. The second-order valence-corrected chi connectivity index (χ2v) is 6.87. The van der Waals surface area contributed by atoms with Gasteiger partial charge in [0.05, 0.1) is 23.5 Å². The Bertz CT molecular complexity index is 1000. The van der Waals surface area contributed by atoms with Crippen molar-refractivity contribution in [1.29, 1.82) is 0 Å². The first-order valence-electron chi connectivity index (χ1n) is 7.97. The molecular weight excluding hydrogens is 479 g/mol. The lowest BCUT2D eigenvalue weighted by Gasteiger charge is -2.26. The fourth-order valence-electron chi connectivity index (χ4n) is 2.62. The molecule has 1 heterocycles. The molecule has 2 aromatic carbocycles. The molecule has 8 nitrogen and oxygen atoms in total. The number of methoxy groups -OCH3 is 2. The quantitative estimate of drug-likeness (QED) is 0.385. The van der Waals surface area contributed by atoms with Crippen LogP contribution < -0.4 is 19.7 Å². The average Bonchev–Trinajstić information content (AvgIpc) is 2.68. The van der Waals surface area contributed by atoms with Gasteiger partial charge < -0.3 is 14.6 Å². The molecule has 0 spiro atoms. The van der Waals surface area contributed by atoms with Gasteiger partial charge in [-0.05, 0) is 70.6 Å². The van der Waals surface area contributed by atoms with Crippen molar-refractivity contribution in [1.82, 2.24) is 5.32 Å². The number of carbonyl (C=O) groups excluding carboxylic acids is 3. The number of barbiturate groups is 1. The predicted molar refractivity (Wildman–Crippen MR) is 109 cm³/mol. The predicted octanol–water partition coefficient (Wildman–Crippen LogP) is 2.68. The van der Waals surface area contributed by atoms with Gasteiger partial charge in [0.1, 0.15) is 11.3 Å². The van der Waals surface area contributed by atoms with Crippen LogP contribution in [-0.2, 0) is 9.59 Å². The van der Waals surface area contributed by atoms with E-state index in [1.54, 1.807) is 18.2 Å². The van der Waals surface area contributed by atoms with Crippen molar-refractivity contribution in [2.24, 2.45) is 0 Å². The molecule has 144 valence electrons. The molecule has 0 aromatic heterocycles. The molecule has 0 unspecified atom stereocenters. The second-order valence-electron chi connectivity index (χ2n) is 5.71. The third kappa shape index (κ3) is 3.65. The van der Waals surface area contributed by atoms with E-state index in [1.807, 2.05) is 22.6 Å². The topological polar surface area (TPSA) is 105 Å². The van der Waals surface area contributed by atoms with Crippen molar-refractivity contribution < 1.29 is 29.0 Å². The van der Waals surface area contributed by atoms with E-state index in [0.717, 1.165) is 4.90 Å². The number of hydrogen-bond acceptors (Lipinski definition) is 6. The summed E-state index contributed by atoms with van der Waals surface area (Å²) < 4.78 is 10.6. The highest BCUT2D eigenvalue weighted by Crippen LogP contribution is 2.33. The summed E-state index contributed by atoms with van der Waals surface area (Å²) in [4.78, 5) is 38.2. The van der Waals surface area contributed by atoms with Gasteiger partial charge in [0.25, 0.3) is 11.8 Å². The molecule has 1 saturated heterocycles. The van der Waals surface area contributed by atoms with Crippen LogP contribution in [0.2, 0.25) is 0 Å². The van der Waals surface area contributed by atoms with Crippen LogP contribution in [0.15, 0.2) is 42.0 Å². The Hall–Kier alpha value is -3.08. The normalized spacial score (nSPS) is 15.6. The highest BCUT2D eigenvalue weighted by atomic mass is 127. The molecule has 3 rings (SSSR count). The van der Waals surface area contributed by atoms with Gasteiger partial charge in [-0.1, -0.05) is 0 Å². The van der Waals surface area contributed by atoms with Crippen molar-refractivity contribution >= 4 is 52.2 Å². The summed E-state index contributed by atoms with van der Waals surface area (Å²) in [5.41, 5.74) is 0.528. The van der Waals surface area contributed by atoms with Crippen LogP contribution >= 0.6 is 22.6 Å². The second kappa shape index (κ2) is 7.89. The van der Waals surface area contributed by atoms with Crippen LogP contribution in [0.4, 0.5) is 10.5 Å². The summed E-state index contributed by atoms with van der Waals surface area (Å²) in [5, 5.41) is 12.1. The Kier molecular flexibility index (Phi) is 5.54. The van der Waals surface area contributed by atoms with Gasteiger partial charge in [-0.3, -0.25) is 14.9 Å². The SMILES string of the molecule is COc1ccc(N2C(=O)NC(=O)C(=Cc3cc(I)c(O)c(OC)c3)C2=O)cc1. The lowest BCUT2D eigenvalue weighted by atomic mass is 10.1. The molecule has 0 radical (unpaired) electrons. The standard InChI is InChI=1S/C19H15IN2O6/c1-27-12-5-3-11(4-6-12)22-18(25)13(17(24)21-19(22)26)7-10-8-14(20)16(23)15(9-10)28-2/h3-9,23H,1-2H3,(H,21,24,26). The van der Waals surface area contributed by atoms with E-state index in [9.17, 15) is 19.5 Å². The number of phenolic OH excluding ortho intramolecular Hbond substituents is 1. The minimum Gasteiger partial charge on any atom is -0.504 e. The molecule has 9 heteroatoms. The highest BCUT2D eigenvalue weighted by molar-refractivity contribution is 14.1. The number of halogens is 1. The number of anilines is 1. The van der Waals surface area contributed by atoms with Crippen LogP contribution in [0.5, 0.6) is 17.2 Å². The van der Waals surface area contributed by atoms with Gasteiger partial charge >= 0.3 is 6.03 Å². The number of amides is 4. The fraction of sp³-hybridized carbons (Fsp3) is 0.105. The lowest BCUT2D eigenvalue weighted by Crippen LogP contribution is -2.54. The van der Waals surface area contributed by atoms with E-state index in [2.05, 4.69) is 5.32 Å². The van der Waals surface area contributed by atoms with Gasteiger partial charge in [-0.2, -0.15) is 0 Å². The van der Waals surface area contributed by atoms with E-state index in [0.29, 0.717) is 20.6 Å². The largest absolute Gasteiger partial charge is 0.504 e. The molecule has 2 aromatic rings. The maximum Gasteiger partial charge on any atom is 0.335 e. The Labute approximate surface area is 173 Å². The van der Waals surface area contributed by atoms with Gasteiger partial charge in [-0.25, -0.2) is 9.69 Å². The molecule has 0 aliphatic carbocycles. The maximum absolute atomic E-state index is 12.9. The first-order valence-corrected chi connectivity index (χ1v) is 9.05. The fourth-order valence-corrected chi connectivity index (χ4v) is 3.25. The Morgan fingerprint density at radius 1 is 1.07 bits per heavy atom. The van der Waals surface area contributed by atoms with Crippen LogP contribution in [-0.4, -0.2) is 37.2 Å². The van der Waals surface area contributed by atoms with Crippen molar-refractivity contribution in [3.63, 3.8) is 0 Å². The van der Waals surface area contributed by atoms with E-state index < -0.39 is 17.8 Å². The van der Waals surface area contributed by atoms with Crippen LogP contribution in [0.25, 0.3) is 6.08 Å². The number of ether oxygens (including phenoxy) is 2. The molecular formula is C19H15IN2O6. The van der Waals surface area contributed by atoms with Crippen molar-refractivity contribution in [2.45, 2.75) is 0 Å². The highest BCUT2D eigenvalue weighted by Gasteiger charge is 2.36. The van der Waals surface area contributed by atoms with Crippen LogP contribution in [0.1, 0.15) is 5.56 Å². The van der Waals surface area contributed by atoms with Gasteiger partial charge in [0, 0.05) is 0 Å². The van der Waals surface area contributed by atoms with Gasteiger partial charge in [0.2, 0.25) is 0 Å². The Balaban J connectivity index is 2.02. The summed E-state index contributed by atoms with van der Waals surface area (Å²) in [5.74, 6) is -0.848. The van der Waals surface area contributed by atoms with Crippen molar-refractivity contribution in [3.8, 4) is 17.2 Å². The molecule has 4 amide bonds. The van der Waals surface area contributed by atoms with Crippen LogP contribution in [0.3, 0.4) is 0 Å². The first-order chi connectivity index (χ1) is 13.3. The minimum absolute atomic E-state index is 0.0419. The summed E-state index contributed by atoms with van der Waals surface area (Å²) in [6.07, 6.45) is 1.34. The maximum atomic E-state index is 12.9. The number of phenols is 1. The number of carbonyl (C=O) groups is 3. The van der Waals surface area contributed by atoms with E-state index >= 15 is 0 Å². The van der Waals surface area contributed by atoms with Gasteiger partial charge in [0.15, 0.2) is 11.5 Å². The number of nitrogens with zero attached hydrogens (tertiary/aromatic N) is 1. The molecule has 28 heavy (non-hydrogen) atoms. The number of urea groups is 1. The monoisotopic (exact) mass is 494 g/mol. The number of rotatable bonds is 4. The molecule has 1 aliphatic heterocycles.